The predicted molar refractivity (Wildman–Crippen MR) is 27.9 cm³/mol. The summed E-state index contributed by atoms with van der Waals surface area (Å²) in [6, 6.07) is 0. The second-order valence-electron chi connectivity index (χ2n) is 0.928. The van der Waals surface area contributed by atoms with Crippen LogP contribution in [0.5, 0.6) is 0 Å². The molecule has 0 aromatic rings. The minimum absolute atomic E-state index is 0. The first kappa shape index (κ1) is 15.9. The Morgan fingerprint density at radius 3 is 1.88 bits per heavy atom. The van der Waals surface area contributed by atoms with Crippen molar-refractivity contribution >= 4 is 8.69 Å². The molecule has 0 N–H and O–H groups in total. The van der Waals surface area contributed by atoms with Crippen molar-refractivity contribution in [2.24, 2.45) is 0 Å². The van der Waals surface area contributed by atoms with E-state index in [1.54, 1.807) is 0 Å². The molecule has 0 spiro atoms. The van der Waals surface area contributed by atoms with E-state index in [4.69, 9.17) is 9.46 Å². The Hall–Kier alpha value is 0.683. The average Bonchev–Trinajstić information content (AvgIpc) is 1.69. The summed E-state index contributed by atoms with van der Waals surface area (Å²) >= 11 is 0. The molecule has 4 heteroatoms. The van der Waals surface area contributed by atoms with Gasteiger partial charge < -0.3 is 11.8 Å². The van der Waals surface area contributed by atoms with Crippen LogP contribution in [0.25, 0.3) is 0 Å². The van der Waals surface area contributed by atoms with Gasteiger partial charge in [-0.05, 0) is 0 Å². The third kappa shape index (κ3) is 76.2. The third-order valence-corrected chi connectivity index (χ3v) is 0.354. The zero-order chi connectivity index (χ0) is 6.12. The van der Waals surface area contributed by atoms with E-state index in [1.165, 1.54) is 6.42 Å². The molecule has 8 heavy (non-hydrogen) atoms. The van der Waals surface area contributed by atoms with Gasteiger partial charge in [0.1, 0.15) is 0 Å². The standard InChI is InChI=1S/C4H9.HO2P.Zn/c1-3-4-2;1-3-2;/h1,3-4H2,2H3;(H,1,2);/q-1;;+2/p-1. The van der Waals surface area contributed by atoms with Crippen molar-refractivity contribution in [3.05, 3.63) is 6.92 Å². The minimum atomic E-state index is -1.08. The van der Waals surface area contributed by atoms with E-state index in [0.717, 1.165) is 6.42 Å². The molecule has 2 nitrogen and oxygen atoms in total. The molecule has 0 atom stereocenters. The molecule has 0 radical (unpaired) electrons. The Bertz CT molecular complexity index is 33.2. The molecule has 0 aromatic carbocycles. The quantitative estimate of drug-likeness (QED) is 0.350. The van der Waals surface area contributed by atoms with Crippen LogP contribution in [-0.2, 0) is 24.0 Å². The second kappa shape index (κ2) is 25.3. The average molecular weight is 185 g/mol. The molecule has 44 valence electrons. The third-order valence-electron chi connectivity index (χ3n) is 0.354. The van der Waals surface area contributed by atoms with E-state index in [9.17, 15) is 0 Å². The van der Waals surface area contributed by atoms with Crippen LogP contribution in [0.2, 0.25) is 0 Å². The maximum absolute atomic E-state index is 8.35. The Morgan fingerprint density at radius 2 is 1.88 bits per heavy atom. The fraction of sp³-hybridized carbons (Fsp3) is 0.750. The summed E-state index contributed by atoms with van der Waals surface area (Å²) in [5.74, 6) is 0. The van der Waals surface area contributed by atoms with Gasteiger partial charge in [-0.25, -0.2) is 0 Å². The van der Waals surface area contributed by atoms with Crippen molar-refractivity contribution in [1.29, 1.82) is 0 Å². The van der Waals surface area contributed by atoms with E-state index in [0.29, 0.717) is 0 Å². The normalized spacial score (nSPS) is 6.38. The predicted octanol–water partition coefficient (Wildman–Crippen LogP) is 1.17. The van der Waals surface area contributed by atoms with Crippen molar-refractivity contribution in [3.8, 4) is 0 Å². The Labute approximate surface area is 64.7 Å². The fourth-order valence-electron chi connectivity index (χ4n) is 0. The Balaban J connectivity index is -0.0000000575. The van der Waals surface area contributed by atoms with E-state index >= 15 is 0 Å². The molecule has 0 amide bonds. The molecule has 0 aliphatic heterocycles. The van der Waals surface area contributed by atoms with E-state index < -0.39 is 8.69 Å². The molecule has 0 saturated heterocycles. The summed E-state index contributed by atoms with van der Waals surface area (Å²) in [7, 11) is -1.08. The zero-order valence-corrected chi connectivity index (χ0v) is 8.95. The monoisotopic (exact) mass is 184 g/mol. The molecule has 0 aromatic heterocycles. The maximum Gasteiger partial charge on any atom is 2.00 e. The van der Waals surface area contributed by atoms with Crippen LogP contribution in [0.4, 0.5) is 0 Å². The number of hydrogen-bond donors (Lipinski definition) is 0. The van der Waals surface area contributed by atoms with Gasteiger partial charge >= 0.3 is 19.5 Å². The van der Waals surface area contributed by atoms with Gasteiger partial charge in [0.2, 0.25) is 0 Å². The van der Waals surface area contributed by atoms with Crippen LogP contribution in [0, 0.1) is 6.92 Å². The van der Waals surface area contributed by atoms with Crippen LogP contribution in [0.15, 0.2) is 0 Å². The molecule has 0 bridgehead atoms. The van der Waals surface area contributed by atoms with Crippen molar-refractivity contribution in [2.45, 2.75) is 19.8 Å². The summed E-state index contributed by atoms with van der Waals surface area (Å²) in [6.45, 7) is 5.72. The SMILES string of the molecule is O=P[O-].[CH2-]CCC.[Zn+2]. The first-order valence-corrected chi connectivity index (χ1v) is 2.80. The molecule has 0 aliphatic carbocycles. The molecule has 0 heterocycles. The van der Waals surface area contributed by atoms with Gasteiger partial charge in [0.15, 0.2) is 0 Å². The summed E-state index contributed by atoms with van der Waals surface area (Å²) in [4.78, 5) is 8.35. The summed E-state index contributed by atoms with van der Waals surface area (Å²) < 4.78 is 8.35. The van der Waals surface area contributed by atoms with Crippen LogP contribution in [-0.4, -0.2) is 0 Å². The van der Waals surface area contributed by atoms with Crippen molar-refractivity contribution in [3.63, 3.8) is 0 Å². The van der Waals surface area contributed by atoms with Gasteiger partial charge in [0.05, 0.1) is 8.69 Å². The van der Waals surface area contributed by atoms with Crippen molar-refractivity contribution in [2.75, 3.05) is 0 Å². The number of hydrogen-bond acceptors (Lipinski definition) is 2. The van der Waals surface area contributed by atoms with Gasteiger partial charge in [-0.15, -0.1) is 0 Å². The molecule has 0 unspecified atom stereocenters. The fourth-order valence-corrected chi connectivity index (χ4v) is 0. The molecule has 0 saturated carbocycles. The first-order chi connectivity index (χ1) is 3.33. The Morgan fingerprint density at radius 1 is 1.75 bits per heavy atom. The van der Waals surface area contributed by atoms with Crippen LogP contribution < -0.4 is 4.89 Å². The topological polar surface area (TPSA) is 40.1 Å². The van der Waals surface area contributed by atoms with Crippen LogP contribution >= 0.6 is 8.69 Å². The molecular formula is C4H9O2PZn. The van der Waals surface area contributed by atoms with E-state index in [1.807, 2.05) is 0 Å². The number of rotatable bonds is 1. The zero-order valence-electron chi connectivity index (χ0n) is 5.09. The summed E-state index contributed by atoms with van der Waals surface area (Å²) in [5, 5.41) is 0. The Kier molecular flexibility index (Phi) is 50.2. The van der Waals surface area contributed by atoms with Crippen molar-refractivity contribution < 1.29 is 28.9 Å². The van der Waals surface area contributed by atoms with Crippen LogP contribution in [0.1, 0.15) is 19.8 Å². The van der Waals surface area contributed by atoms with E-state index in [2.05, 4.69) is 13.8 Å². The largest absolute Gasteiger partial charge is 2.00 e. The van der Waals surface area contributed by atoms with Gasteiger partial charge in [-0.1, -0.05) is 13.3 Å². The molecule has 0 aliphatic rings. The minimum Gasteiger partial charge on any atom is -0.772 e. The molecule has 0 fully saturated rings. The van der Waals surface area contributed by atoms with Gasteiger partial charge in [0.25, 0.3) is 0 Å². The van der Waals surface area contributed by atoms with Gasteiger partial charge in [-0.3, -0.25) is 4.57 Å². The first-order valence-electron chi connectivity index (χ1n) is 2.07. The van der Waals surface area contributed by atoms with Gasteiger partial charge in [-0.2, -0.15) is 6.42 Å². The number of unbranched alkanes of at least 4 members (excludes halogenated alkanes) is 1. The summed E-state index contributed by atoms with van der Waals surface area (Å²) in [5.41, 5.74) is 0. The van der Waals surface area contributed by atoms with Crippen molar-refractivity contribution in [1.82, 2.24) is 0 Å². The summed E-state index contributed by atoms with van der Waals surface area (Å²) in [6.07, 6.45) is 2.28. The van der Waals surface area contributed by atoms with E-state index in [-0.39, 0.29) is 19.5 Å². The maximum atomic E-state index is 8.35. The van der Waals surface area contributed by atoms with Gasteiger partial charge in [0, 0.05) is 0 Å². The molecular weight excluding hydrogens is 176 g/mol. The van der Waals surface area contributed by atoms with Crippen LogP contribution in [0.3, 0.4) is 0 Å². The smallest absolute Gasteiger partial charge is 0.772 e. The second-order valence-corrected chi connectivity index (χ2v) is 1.08. The molecule has 0 rings (SSSR count).